The molecular formula is C26H29N5OS. The van der Waals surface area contributed by atoms with Crippen molar-refractivity contribution in [3.05, 3.63) is 59.7 Å². The molecule has 1 amide bonds. The third-order valence-corrected chi connectivity index (χ3v) is 7.39. The normalized spacial score (nSPS) is 16.1. The Bertz CT molecular complexity index is 1180. The maximum absolute atomic E-state index is 13.1. The molecule has 0 spiro atoms. The molecule has 0 bridgehead atoms. The second kappa shape index (κ2) is 9.80. The van der Waals surface area contributed by atoms with E-state index in [1.165, 1.54) is 22.9 Å². The summed E-state index contributed by atoms with van der Waals surface area (Å²) < 4.78 is 2.01. The van der Waals surface area contributed by atoms with E-state index < -0.39 is 10.8 Å². The maximum atomic E-state index is 13.1. The minimum absolute atomic E-state index is 0.139. The number of nitrogens with one attached hydrogen (secondary N) is 1. The summed E-state index contributed by atoms with van der Waals surface area (Å²) in [4.78, 5) is 13.1. The Labute approximate surface area is 199 Å². The lowest BCUT2D eigenvalue weighted by molar-refractivity contribution is -0.121. The second-order valence-corrected chi connectivity index (χ2v) is 10.1. The number of carbonyl (C=O) groups excluding carboxylic acids is 1. The molecule has 1 aliphatic carbocycles. The maximum Gasteiger partial charge on any atom is 0.234 e. The van der Waals surface area contributed by atoms with Crippen molar-refractivity contribution in [3.63, 3.8) is 0 Å². The number of carbonyl (C=O) groups is 1. The summed E-state index contributed by atoms with van der Waals surface area (Å²) in [6.45, 7) is 6.02. The lowest BCUT2D eigenvalue weighted by Gasteiger charge is -2.32. The van der Waals surface area contributed by atoms with Crippen molar-refractivity contribution in [3.8, 4) is 23.1 Å². The van der Waals surface area contributed by atoms with Gasteiger partial charge < -0.3 is 5.32 Å². The molecule has 3 aromatic rings. The van der Waals surface area contributed by atoms with Crippen LogP contribution in [0.25, 0.3) is 17.1 Å². The van der Waals surface area contributed by atoms with E-state index in [1.807, 2.05) is 41.8 Å². The number of nitriles is 1. The third kappa shape index (κ3) is 4.96. The average molecular weight is 460 g/mol. The fourth-order valence-electron chi connectivity index (χ4n) is 4.19. The minimum Gasteiger partial charge on any atom is -0.337 e. The van der Waals surface area contributed by atoms with Gasteiger partial charge in [0.25, 0.3) is 0 Å². The highest BCUT2D eigenvalue weighted by atomic mass is 32.2. The van der Waals surface area contributed by atoms with Crippen LogP contribution in [0, 0.1) is 25.2 Å². The van der Waals surface area contributed by atoms with Gasteiger partial charge in [-0.05, 0) is 56.9 Å². The molecule has 170 valence electrons. The summed E-state index contributed by atoms with van der Waals surface area (Å²) in [5.41, 5.74) is 3.55. The molecule has 0 saturated heterocycles. The van der Waals surface area contributed by atoms with Crippen LogP contribution in [0.3, 0.4) is 0 Å². The van der Waals surface area contributed by atoms with Gasteiger partial charge in [0.1, 0.15) is 5.54 Å². The molecule has 1 fully saturated rings. The number of benzene rings is 2. The quantitative estimate of drug-likeness (QED) is 0.501. The van der Waals surface area contributed by atoms with Gasteiger partial charge in [-0.2, -0.15) is 5.26 Å². The monoisotopic (exact) mass is 459 g/mol. The fraction of sp³-hybridized carbons (Fsp3) is 0.385. The largest absolute Gasteiger partial charge is 0.337 e. The smallest absolute Gasteiger partial charge is 0.234 e. The number of aromatic nitrogens is 3. The molecule has 1 heterocycles. The zero-order valence-corrected chi connectivity index (χ0v) is 20.2. The number of amides is 1. The third-order valence-electron chi connectivity index (χ3n) is 6.35. The molecule has 33 heavy (non-hydrogen) atoms. The first-order valence-electron chi connectivity index (χ1n) is 11.4. The first kappa shape index (κ1) is 23.1. The lowest BCUT2D eigenvalue weighted by atomic mass is 9.83. The first-order chi connectivity index (χ1) is 15.9. The Morgan fingerprint density at radius 3 is 2.48 bits per heavy atom. The molecule has 0 radical (unpaired) electrons. The van der Waals surface area contributed by atoms with Gasteiger partial charge in [0, 0.05) is 5.56 Å². The summed E-state index contributed by atoms with van der Waals surface area (Å²) in [5.74, 6) is 0.592. The molecule has 1 unspecified atom stereocenters. The minimum atomic E-state index is -0.749. The summed E-state index contributed by atoms with van der Waals surface area (Å²) in [6.07, 6.45) is 4.48. The number of aryl methyl sites for hydroxylation is 2. The van der Waals surface area contributed by atoms with E-state index >= 15 is 0 Å². The molecule has 4 rings (SSSR count). The molecule has 1 aliphatic rings. The van der Waals surface area contributed by atoms with Crippen LogP contribution < -0.4 is 5.32 Å². The Balaban J connectivity index is 1.65. The highest BCUT2D eigenvalue weighted by molar-refractivity contribution is 8.00. The molecule has 1 N–H and O–H groups in total. The first-order valence-corrected chi connectivity index (χ1v) is 12.3. The van der Waals surface area contributed by atoms with E-state index in [9.17, 15) is 10.1 Å². The topological polar surface area (TPSA) is 83.6 Å². The van der Waals surface area contributed by atoms with Gasteiger partial charge in [-0.15, -0.1) is 10.2 Å². The van der Waals surface area contributed by atoms with E-state index in [-0.39, 0.29) is 5.91 Å². The van der Waals surface area contributed by atoms with Crippen molar-refractivity contribution in [2.75, 3.05) is 0 Å². The zero-order valence-electron chi connectivity index (χ0n) is 19.3. The predicted molar refractivity (Wildman–Crippen MR) is 131 cm³/mol. The van der Waals surface area contributed by atoms with Crippen LogP contribution in [0.5, 0.6) is 0 Å². The van der Waals surface area contributed by atoms with Gasteiger partial charge in [0.05, 0.1) is 17.0 Å². The van der Waals surface area contributed by atoms with Gasteiger partial charge in [-0.25, -0.2) is 0 Å². The number of thioether (sulfide) groups is 1. The molecule has 6 nitrogen and oxygen atoms in total. The van der Waals surface area contributed by atoms with Gasteiger partial charge in [-0.1, -0.05) is 67.4 Å². The molecule has 2 aromatic carbocycles. The fourth-order valence-corrected chi connectivity index (χ4v) is 5.05. The Morgan fingerprint density at radius 2 is 1.82 bits per heavy atom. The van der Waals surface area contributed by atoms with Crippen molar-refractivity contribution in [2.45, 2.75) is 68.8 Å². The van der Waals surface area contributed by atoms with Crippen molar-refractivity contribution >= 4 is 17.7 Å². The number of rotatable bonds is 6. The second-order valence-electron chi connectivity index (χ2n) is 8.78. The van der Waals surface area contributed by atoms with Gasteiger partial charge in [0.15, 0.2) is 11.0 Å². The zero-order chi connectivity index (χ0) is 23.4. The summed E-state index contributed by atoms with van der Waals surface area (Å²) in [7, 11) is 0. The van der Waals surface area contributed by atoms with Crippen molar-refractivity contribution in [1.82, 2.24) is 20.1 Å². The predicted octanol–water partition coefficient (Wildman–Crippen LogP) is 5.37. The lowest BCUT2D eigenvalue weighted by Crippen LogP contribution is -2.50. The Morgan fingerprint density at radius 1 is 1.09 bits per heavy atom. The summed E-state index contributed by atoms with van der Waals surface area (Å²) >= 11 is 1.36. The van der Waals surface area contributed by atoms with Crippen LogP contribution in [-0.2, 0) is 4.79 Å². The van der Waals surface area contributed by atoms with E-state index in [4.69, 9.17) is 0 Å². The standard InChI is InChI=1S/C26H29N5OS/c1-18-12-13-22(16-19(18)2)31-23(21-10-6-4-7-11-21)29-30-25(31)33-20(3)24(32)28-26(17-27)14-8-5-9-15-26/h4,6-7,10-13,16,20H,5,8-9,14-15H2,1-3H3,(H,28,32). The van der Waals surface area contributed by atoms with Crippen LogP contribution in [-0.4, -0.2) is 31.5 Å². The number of hydrogen-bond acceptors (Lipinski definition) is 5. The summed E-state index contributed by atoms with van der Waals surface area (Å²) in [5, 5.41) is 21.9. The molecular weight excluding hydrogens is 430 g/mol. The van der Waals surface area contributed by atoms with Gasteiger partial charge in [-0.3, -0.25) is 9.36 Å². The van der Waals surface area contributed by atoms with Crippen LogP contribution in [0.4, 0.5) is 0 Å². The SMILES string of the molecule is Cc1ccc(-n2c(SC(C)C(=O)NC3(C#N)CCCCC3)nnc2-c2ccccc2)cc1C. The van der Waals surface area contributed by atoms with E-state index in [2.05, 4.69) is 53.6 Å². The molecule has 0 aliphatic heterocycles. The summed E-state index contributed by atoms with van der Waals surface area (Å²) in [6, 6.07) is 18.6. The molecule has 7 heteroatoms. The highest BCUT2D eigenvalue weighted by Gasteiger charge is 2.35. The van der Waals surface area contributed by atoms with Gasteiger partial charge in [0.2, 0.25) is 5.91 Å². The van der Waals surface area contributed by atoms with Gasteiger partial charge >= 0.3 is 0 Å². The Kier molecular flexibility index (Phi) is 6.85. The average Bonchev–Trinajstić information content (AvgIpc) is 3.25. The van der Waals surface area contributed by atoms with Crippen molar-refractivity contribution in [2.24, 2.45) is 0 Å². The molecule has 1 saturated carbocycles. The van der Waals surface area contributed by atoms with Crippen LogP contribution in [0.1, 0.15) is 50.2 Å². The van der Waals surface area contributed by atoms with E-state index in [0.717, 1.165) is 36.3 Å². The van der Waals surface area contributed by atoms with Crippen molar-refractivity contribution in [1.29, 1.82) is 5.26 Å². The molecule has 1 aromatic heterocycles. The Hall–Kier alpha value is -3.11. The number of hydrogen-bond donors (Lipinski definition) is 1. The van der Waals surface area contributed by atoms with Crippen molar-refractivity contribution < 1.29 is 4.79 Å². The van der Waals surface area contributed by atoms with Crippen LogP contribution in [0.2, 0.25) is 0 Å². The van der Waals surface area contributed by atoms with E-state index in [1.54, 1.807) is 0 Å². The highest BCUT2D eigenvalue weighted by Crippen LogP contribution is 2.32. The van der Waals surface area contributed by atoms with Crippen LogP contribution >= 0.6 is 11.8 Å². The van der Waals surface area contributed by atoms with Crippen LogP contribution in [0.15, 0.2) is 53.7 Å². The number of nitrogens with zero attached hydrogens (tertiary/aromatic N) is 4. The van der Waals surface area contributed by atoms with E-state index in [0.29, 0.717) is 18.0 Å². The molecule has 1 atom stereocenters.